The van der Waals surface area contributed by atoms with Crippen LogP contribution in [0.4, 0.5) is 0 Å². The molecule has 0 radical (unpaired) electrons. The number of allylic oxidation sites excluding steroid dienone is 2. The van der Waals surface area contributed by atoms with Gasteiger partial charge in [0.05, 0.1) is 17.1 Å². The summed E-state index contributed by atoms with van der Waals surface area (Å²) >= 11 is 0. The van der Waals surface area contributed by atoms with Gasteiger partial charge in [0, 0.05) is 18.4 Å². The largest absolute Gasteiger partial charge is 0.386 e. The van der Waals surface area contributed by atoms with Crippen molar-refractivity contribution in [1.29, 1.82) is 0 Å². The molecule has 1 aromatic rings. The summed E-state index contributed by atoms with van der Waals surface area (Å²) in [6, 6.07) is 4.76. The van der Waals surface area contributed by atoms with E-state index in [4.69, 9.17) is 4.99 Å². The third-order valence-corrected chi connectivity index (χ3v) is 5.12. The lowest BCUT2D eigenvalue weighted by Crippen LogP contribution is -2.25. The molecule has 1 aliphatic carbocycles. The molecule has 0 spiro atoms. The minimum Gasteiger partial charge on any atom is -0.386 e. The van der Waals surface area contributed by atoms with E-state index in [0.717, 1.165) is 23.5 Å². The number of aliphatic imine (C=N–C) groups is 1. The normalized spacial score (nSPS) is 22.2. The highest BCUT2D eigenvalue weighted by atomic mass is 14.9. The molecular weight excluding hydrogens is 282 g/mol. The van der Waals surface area contributed by atoms with Gasteiger partial charge in [-0.15, -0.1) is 0 Å². The van der Waals surface area contributed by atoms with Crippen LogP contribution in [-0.2, 0) is 0 Å². The molecule has 2 heterocycles. The Balaban J connectivity index is 1.75. The number of nitrogens with one attached hydrogen (secondary N) is 2. The minimum absolute atomic E-state index is 0.616. The molecule has 0 aromatic carbocycles. The Morgan fingerprint density at radius 3 is 2.61 bits per heavy atom. The van der Waals surface area contributed by atoms with Gasteiger partial charge in [0.2, 0.25) is 0 Å². The molecule has 0 unspecified atom stereocenters. The lowest BCUT2D eigenvalue weighted by atomic mass is 9.97. The van der Waals surface area contributed by atoms with Crippen molar-refractivity contribution in [2.45, 2.75) is 71.3 Å². The van der Waals surface area contributed by atoms with Gasteiger partial charge in [0.15, 0.2) is 0 Å². The number of H-pyrrole nitrogens is 1. The topological polar surface area (TPSA) is 40.2 Å². The van der Waals surface area contributed by atoms with Crippen molar-refractivity contribution in [3.63, 3.8) is 0 Å². The second kappa shape index (κ2) is 7.67. The summed E-state index contributed by atoms with van der Waals surface area (Å²) in [6.07, 6.45) is 14.6. The maximum absolute atomic E-state index is 4.90. The summed E-state index contributed by atoms with van der Waals surface area (Å²) in [5.41, 5.74) is 6.01. The highest BCUT2D eigenvalue weighted by Crippen LogP contribution is 2.29. The lowest BCUT2D eigenvalue weighted by Gasteiger charge is -2.20. The van der Waals surface area contributed by atoms with Gasteiger partial charge in [0.25, 0.3) is 0 Å². The summed E-state index contributed by atoms with van der Waals surface area (Å²) in [7, 11) is 0. The molecule has 0 bridgehead atoms. The molecular formula is C20H29N3. The number of nitrogens with zero attached hydrogens (tertiary/aromatic N) is 1. The maximum atomic E-state index is 4.90. The van der Waals surface area contributed by atoms with Crippen LogP contribution >= 0.6 is 0 Å². The van der Waals surface area contributed by atoms with Crippen molar-refractivity contribution in [2.24, 2.45) is 4.99 Å². The van der Waals surface area contributed by atoms with Crippen LogP contribution in [0.1, 0.15) is 70.9 Å². The summed E-state index contributed by atoms with van der Waals surface area (Å²) in [4.78, 5) is 8.19. The van der Waals surface area contributed by atoms with Crippen molar-refractivity contribution >= 4 is 5.71 Å². The Bertz CT molecular complexity index is 597. The molecule has 0 saturated heterocycles. The van der Waals surface area contributed by atoms with Crippen LogP contribution in [0.2, 0.25) is 0 Å². The second-order valence-electron chi connectivity index (χ2n) is 6.74. The summed E-state index contributed by atoms with van der Waals surface area (Å²) in [5, 5.41) is 3.66. The molecule has 1 saturated carbocycles. The van der Waals surface area contributed by atoms with Crippen molar-refractivity contribution < 1.29 is 0 Å². The van der Waals surface area contributed by atoms with Crippen LogP contribution in [0.25, 0.3) is 0 Å². The van der Waals surface area contributed by atoms with Crippen molar-refractivity contribution in [3.8, 4) is 0 Å². The average Bonchev–Trinajstić information content (AvgIpc) is 3.14. The van der Waals surface area contributed by atoms with E-state index in [1.807, 2.05) is 12.3 Å². The molecule has 0 amide bonds. The van der Waals surface area contributed by atoms with E-state index in [-0.39, 0.29) is 0 Å². The van der Waals surface area contributed by atoms with E-state index >= 15 is 0 Å². The van der Waals surface area contributed by atoms with Gasteiger partial charge in [-0.1, -0.05) is 39.0 Å². The zero-order valence-electron chi connectivity index (χ0n) is 14.5. The Morgan fingerprint density at radius 1 is 1.22 bits per heavy atom. The first-order valence-corrected chi connectivity index (χ1v) is 9.18. The predicted octanol–water partition coefficient (Wildman–Crippen LogP) is 5.09. The van der Waals surface area contributed by atoms with E-state index in [9.17, 15) is 0 Å². The Kier molecular flexibility index (Phi) is 5.37. The second-order valence-corrected chi connectivity index (χ2v) is 6.74. The minimum atomic E-state index is 0.616. The average molecular weight is 311 g/mol. The SMILES string of the molecule is CCC1=C(C)C(=CNC2CCCCCCC2)N=C1c1ccc[nH]1. The Morgan fingerprint density at radius 2 is 1.96 bits per heavy atom. The zero-order chi connectivity index (χ0) is 16.1. The van der Waals surface area contributed by atoms with Gasteiger partial charge in [-0.25, -0.2) is 4.99 Å². The van der Waals surface area contributed by atoms with Crippen molar-refractivity contribution in [2.75, 3.05) is 0 Å². The van der Waals surface area contributed by atoms with Crippen LogP contribution in [0.15, 0.2) is 46.4 Å². The van der Waals surface area contributed by atoms with Crippen LogP contribution in [0, 0.1) is 0 Å². The zero-order valence-corrected chi connectivity index (χ0v) is 14.5. The number of aromatic nitrogens is 1. The fourth-order valence-corrected chi connectivity index (χ4v) is 3.70. The first-order chi connectivity index (χ1) is 11.3. The first-order valence-electron chi connectivity index (χ1n) is 9.18. The van der Waals surface area contributed by atoms with Gasteiger partial charge >= 0.3 is 0 Å². The number of aromatic amines is 1. The maximum Gasteiger partial charge on any atom is 0.0907 e. The monoisotopic (exact) mass is 311 g/mol. The summed E-state index contributed by atoms with van der Waals surface area (Å²) in [6.45, 7) is 4.41. The molecule has 2 aliphatic rings. The third kappa shape index (κ3) is 3.77. The molecule has 23 heavy (non-hydrogen) atoms. The van der Waals surface area contributed by atoms with Gasteiger partial charge in [-0.05, 0) is 49.5 Å². The third-order valence-electron chi connectivity index (χ3n) is 5.12. The number of rotatable bonds is 4. The van der Waals surface area contributed by atoms with E-state index in [1.165, 1.54) is 56.1 Å². The quantitative estimate of drug-likeness (QED) is 0.799. The predicted molar refractivity (Wildman–Crippen MR) is 97.6 cm³/mol. The molecule has 124 valence electrons. The first kappa shape index (κ1) is 16.1. The van der Waals surface area contributed by atoms with Gasteiger partial charge in [-0.3, -0.25) is 0 Å². The lowest BCUT2D eigenvalue weighted by molar-refractivity contribution is 0.419. The highest BCUT2D eigenvalue weighted by Gasteiger charge is 2.21. The van der Waals surface area contributed by atoms with Crippen molar-refractivity contribution in [3.05, 3.63) is 47.1 Å². The Labute approximate surface area is 140 Å². The molecule has 3 rings (SSSR count). The summed E-state index contributed by atoms with van der Waals surface area (Å²) < 4.78 is 0. The van der Waals surface area contributed by atoms with Crippen molar-refractivity contribution in [1.82, 2.24) is 10.3 Å². The molecule has 3 nitrogen and oxygen atoms in total. The van der Waals surface area contributed by atoms with Crippen LogP contribution in [-0.4, -0.2) is 16.7 Å². The van der Waals surface area contributed by atoms with Crippen LogP contribution < -0.4 is 5.32 Å². The molecule has 0 atom stereocenters. The highest BCUT2D eigenvalue weighted by molar-refractivity contribution is 6.14. The van der Waals surface area contributed by atoms with E-state index in [2.05, 4.69) is 36.4 Å². The molecule has 1 aliphatic heterocycles. The van der Waals surface area contributed by atoms with Gasteiger partial charge in [-0.2, -0.15) is 0 Å². The number of hydrogen-bond donors (Lipinski definition) is 2. The molecule has 1 aromatic heterocycles. The molecule has 3 heteroatoms. The van der Waals surface area contributed by atoms with E-state index in [0.29, 0.717) is 6.04 Å². The summed E-state index contributed by atoms with van der Waals surface area (Å²) in [5.74, 6) is 0. The van der Waals surface area contributed by atoms with E-state index < -0.39 is 0 Å². The van der Waals surface area contributed by atoms with Crippen LogP contribution in [0.3, 0.4) is 0 Å². The number of hydrogen-bond acceptors (Lipinski definition) is 2. The standard InChI is InChI=1S/C20H29N3/c1-3-17-15(2)19(23-20(17)18-12-9-13-21-18)14-22-16-10-7-5-4-6-8-11-16/h9,12-14,16,21-22H,3-8,10-11H2,1-2H3. The fourth-order valence-electron chi connectivity index (χ4n) is 3.70. The van der Waals surface area contributed by atoms with Crippen LogP contribution in [0.5, 0.6) is 0 Å². The Hall–Kier alpha value is -1.77. The van der Waals surface area contributed by atoms with E-state index in [1.54, 1.807) is 0 Å². The smallest absolute Gasteiger partial charge is 0.0907 e. The van der Waals surface area contributed by atoms with Gasteiger partial charge < -0.3 is 10.3 Å². The molecule has 1 fully saturated rings. The van der Waals surface area contributed by atoms with Gasteiger partial charge in [0.1, 0.15) is 0 Å². The molecule has 2 N–H and O–H groups in total. The fraction of sp³-hybridized carbons (Fsp3) is 0.550.